The predicted molar refractivity (Wildman–Crippen MR) is 127 cm³/mol. The summed E-state index contributed by atoms with van der Waals surface area (Å²) in [6.45, 7) is 5.76. The molecule has 2 aromatic heterocycles. The van der Waals surface area contributed by atoms with Crippen molar-refractivity contribution in [1.29, 1.82) is 0 Å². The van der Waals surface area contributed by atoms with Crippen molar-refractivity contribution in [2.24, 2.45) is 0 Å². The van der Waals surface area contributed by atoms with Crippen LogP contribution in [0.25, 0.3) is 11.3 Å². The number of aliphatic hydroxyl groups excluding tert-OH is 1. The Morgan fingerprint density at radius 2 is 2.15 bits per heavy atom. The fourth-order valence-corrected chi connectivity index (χ4v) is 6.15. The lowest BCUT2D eigenvalue weighted by molar-refractivity contribution is 0.280. The minimum absolute atomic E-state index is 0.00732. The maximum Gasteiger partial charge on any atom is 0.172 e. The third-order valence-corrected chi connectivity index (χ3v) is 7.90. The zero-order chi connectivity index (χ0) is 23.2. The number of fused-ring (bicyclic) bond motifs is 3. The van der Waals surface area contributed by atoms with Crippen molar-refractivity contribution in [3.8, 4) is 17.0 Å². The molecule has 0 amide bonds. The van der Waals surface area contributed by atoms with Gasteiger partial charge in [0.1, 0.15) is 0 Å². The average molecular weight is 468 g/mol. The van der Waals surface area contributed by atoms with Crippen LogP contribution < -0.4 is 10.2 Å². The first-order valence-electron chi connectivity index (χ1n) is 11.0. The fourth-order valence-electron chi connectivity index (χ4n) is 4.83. The van der Waals surface area contributed by atoms with Gasteiger partial charge in [-0.05, 0) is 55.2 Å². The SMILES string of the molecule is CC[C@@]12CNc3nnc(-c4cccc(F)c4O)cc3N1C[C@H](Sc1cc(C)c(CO)cn1)C2. The van der Waals surface area contributed by atoms with Gasteiger partial charge in [0, 0.05) is 30.1 Å². The number of benzene rings is 1. The van der Waals surface area contributed by atoms with E-state index in [1.807, 2.05) is 19.1 Å². The zero-order valence-corrected chi connectivity index (χ0v) is 19.4. The van der Waals surface area contributed by atoms with E-state index in [9.17, 15) is 14.6 Å². The number of hydrogen-bond acceptors (Lipinski definition) is 8. The summed E-state index contributed by atoms with van der Waals surface area (Å²) in [5.41, 5.74) is 3.49. The second-order valence-electron chi connectivity index (χ2n) is 8.69. The second kappa shape index (κ2) is 8.46. The Kier molecular flexibility index (Phi) is 5.62. The molecule has 2 aliphatic rings. The summed E-state index contributed by atoms with van der Waals surface area (Å²) < 4.78 is 13.9. The molecule has 0 bridgehead atoms. The molecular weight excluding hydrogens is 441 g/mol. The Hall–Kier alpha value is -2.91. The number of aromatic nitrogens is 3. The van der Waals surface area contributed by atoms with Gasteiger partial charge in [0.2, 0.25) is 0 Å². The van der Waals surface area contributed by atoms with Gasteiger partial charge >= 0.3 is 0 Å². The molecule has 3 aromatic rings. The number of aryl methyl sites for hydroxylation is 1. The molecular formula is C24H26FN5O2S. The Labute approximate surface area is 196 Å². The standard InChI is InChI=1S/C24H26FN5O2S/c1-3-24-9-16(33-21-7-14(2)15(12-31)10-26-21)11-30(24)20-8-19(28-29-23(20)27-13-24)17-5-4-6-18(25)22(17)32/h4-8,10,16,31-32H,3,9,11-13H2,1-2H3,(H,27,29)/t16-,24-/m1/s1. The van der Waals surface area contributed by atoms with E-state index in [-0.39, 0.29) is 12.1 Å². The summed E-state index contributed by atoms with van der Waals surface area (Å²) in [7, 11) is 0. The van der Waals surface area contributed by atoms with Crippen molar-refractivity contribution >= 4 is 23.3 Å². The van der Waals surface area contributed by atoms with Crippen LogP contribution in [0.15, 0.2) is 41.6 Å². The van der Waals surface area contributed by atoms with Gasteiger partial charge in [-0.25, -0.2) is 9.37 Å². The first-order chi connectivity index (χ1) is 15.9. The maximum atomic E-state index is 13.9. The topological polar surface area (TPSA) is 94.4 Å². The Morgan fingerprint density at radius 1 is 1.30 bits per heavy atom. The normalized spacial score (nSPS) is 21.5. The molecule has 7 nitrogen and oxygen atoms in total. The largest absolute Gasteiger partial charge is 0.504 e. The summed E-state index contributed by atoms with van der Waals surface area (Å²) >= 11 is 1.76. The van der Waals surface area contributed by atoms with E-state index in [1.165, 1.54) is 6.07 Å². The van der Waals surface area contributed by atoms with E-state index in [0.717, 1.165) is 47.8 Å². The van der Waals surface area contributed by atoms with E-state index >= 15 is 0 Å². The maximum absolute atomic E-state index is 13.9. The van der Waals surface area contributed by atoms with Gasteiger partial charge in [-0.1, -0.05) is 13.0 Å². The van der Waals surface area contributed by atoms with Crippen LogP contribution in [0.3, 0.4) is 0 Å². The van der Waals surface area contributed by atoms with Crippen molar-refractivity contribution in [3.05, 3.63) is 53.5 Å². The lowest BCUT2D eigenvalue weighted by Gasteiger charge is -2.44. The molecule has 33 heavy (non-hydrogen) atoms. The van der Waals surface area contributed by atoms with Crippen LogP contribution in [0, 0.1) is 12.7 Å². The predicted octanol–water partition coefficient (Wildman–Crippen LogP) is 4.13. The highest BCUT2D eigenvalue weighted by molar-refractivity contribution is 7.99. The van der Waals surface area contributed by atoms with E-state index in [4.69, 9.17) is 0 Å². The molecule has 2 aliphatic heterocycles. The molecule has 1 aromatic carbocycles. The first kappa shape index (κ1) is 21.9. The Bertz CT molecular complexity index is 1210. The van der Waals surface area contributed by atoms with Crippen molar-refractivity contribution < 1.29 is 14.6 Å². The summed E-state index contributed by atoms with van der Waals surface area (Å²) in [4.78, 5) is 6.93. The monoisotopic (exact) mass is 467 g/mol. The smallest absolute Gasteiger partial charge is 0.172 e. The van der Waals surface area contributed by atoms with Crippen LogP contribution in [0.1, 0.15) is 30.9 Å². The number of phenols is 1. The van der Waals surface area contributed by atoms with Crippen molar-refractivity contribution in [3.63, 3.8) is 0 Å². The molecule has 0 aliphatic carbocycles. The molecule has 3 N–H and O–H groups in total. The zero-order valence-electron chi connectivity index (χ0n) is 18.5. The Balaban J connectivity index is 1.46. The van der Waals surface area contributed by atoms with Crippen LogP contribution in [0.5, 0.6) is 5.75 Å². The second-order valence-corrected chi connectivity index (χ2v) is 10.0. The van der Waals surface area contributed by atoms with E-state index in [1.54, 1.807) is 30.1 Å². The molecule has 1 fully saturated rings. The van der Waals surface area contributed by atoms with Gasteiger partial charge in [0.25, 0.3) is 0 Å². The van der Waals surface area contributed by atoms with E-state index in [2.05, 4.69) is 32.3 Å². The van der Waals surface area contributed by atoms with Crippen LogP contribution in [0.2, 0.25) is 0 Å². The highest BCUT2D eigenvalue weighted by Crippen LogP contribution is 2.47. The van der Waals surface area contributed by atoms with Gasteiger partial charge in [-0.3, -0.25) is 0 Å². The van der Waals surface area contributed by atoms with Gasteiger partial charge in [0.05, 0.1) is 28.6 Å². The number of phenolic OH excluding ortho intramolecular Hbond substituents is 1. The number of pyridine rings is 1. The minimum Gasteiger partial charge on any atom is -0.504 e. The molecule has 0 spiro atoms. The molecule has 5 rings (SSSR count). The summed E-state index contributed by atoms with van der Waals surface area (Å²) in [5, 5.41) is 32.9. The van der Waals surface area contributed by atoms with Crippen LogP contribution >= 0.6 is 11.8 Å². The van der Waals surface area contributed by atoms with Crippen LogP contribution in [-0.4, -0.2) is 49.3 Å². The summed E-state index contributed by atoms with van der Waals surface area (Å²) in [6, 6.07) is 8.34. The minimum atomic E-state index is -0.680. The molecule has 9 heteroatoms. The molecule has 1 saturated heterocycles. The van der Waals surface area contributed by atoms with Gasteiger partial charge in [-0.15, -0.1) is 22.0 Å². The van der Waals surface area contributed by atoms with Crippen LogP contribution in [0.4, 0.5) is 15.9 Å². The van der Waals surface area contributed by atoms with Crippen molar-refractivity contribution in [1.82, 2.24) is 15.2 Å². The number of nitrogens with one attached hydrogen (secondary N) is 1. The Morgan fingerprint density at radius 3 is 2.91 bits per heavy atom. The number of hydrogen-bond donors (Lipinski definition) is 3. The van der Waals surface area contributed by atoms with E-state index in [0.29, 0.717) is 22.3 Å². The number of anilines is 2. The number of halogens is 1. The number of aromatic hydroxyl groups is 1. The molecule has 172 valence electrons. The molecule has 2 atom stereocenters. The highest BCUT2D eigenvalue weighted by atomic mass is 32.2. The highest BCUT2D eigenvalue weighted by Gasteiger charge is 2.48. The third kappa shape index (κ3) is 3.79. The summed E-state index contributed by atoms with van der Waals surface area (Å²) in [6.07, 6.45) is 3.68. The lowest BCUT2D eigenvalue weighted by atomic mass is 9.90. The molecule has 0 unspecified atom stereocenters. The number of para-hydroxylation sites is 1. The van der Waals surface area contributed by atoms with Gasteiger partial charge < -0.3 is 20.4 Å². The van der Waals surface area contributed by atoms with Crippen molar-refractivity contribution in [2.45, 2.75) is 49.1 Å². The lowest BCUT2D eigenvalue weighted by Crippen LogP contribution is -2.52. The van der Waals surface area contributed by atoms with E-state index < -0.39 is 11.6 Å². The number of rotatable bonds is 5. The van der Waals surface area contributed by atoms with Crippen molar-refractivity contribution in [2.75, 3.05) is 23.3 Å². The molecule has 0 saturated carbocycles. The quantitative estimate of drug-likeness (QED) is 0.516. The van der Waals surface area contributed by atoms with Gasteiger partial charge in [-0.2, -0.15) is 0 Å². The van der Waals surface area contributed by atoms with Crippen LogP contribution in [-0.2, 0) is 6.61 Å². The average Bonchev–Trinajstić information content (AvgIpc) is 3.20. The molecule has 4 heterocycles. The summed E-state index contributed by atoms with van der Waals surface area (Å²) in [5.74, 6) is -0.397. The number of nitrogens with zero attached hydrogens (tertiary/aromatic N) is 4. The number of aliphatic hydroxyl groups is 1. The number of thioether (sulfide) groups is 1. The first-order valence-corrected chi connectivity index (χ1v) is 11.9. The molecule has 0 radical (unpaired) electrons. The van der Waals surface area contributed by atoms with Gasteiger partial charge in [0.15, 0.2) is 17.4 Å². The third-order valence-electron chi connectivity index (χ3n) is 6.79. The fraction of sp³-hybridized carbons (Fsp3) is 0.375.